The van der Waals surface area contributed by atoms with E-state index in [-0.39, 0.29) is 0 Å². The zero-order valence-corrected chi connectivity index (χ0v) is 8.25. The second kappa shape index (κ2) is 3.44. The van der Waals surface area contributed by atoms with Gasteiger partial charge in [-0.3, -0.25) is 0 Å². The third-order valence-corrected chi connectivity index (χ3v) is 2.35. The molecule has 1 fully saturated rings. The summed E-state index contributed by atoms with van der Waals surface area (Å²) in [7, 11) is 6.52. The standard InChI is InChI=1S/C9H18N2O/c1-11(2,3)7-8-5-4-6-9(8)10-12/h8H,4-7H2,1-3H3/p+1/b10-9-/t8-/m1/s1. The fourth-order valence-electron chi connectivity index (χ4n) is 1.89. The first kappa shape index (κ1) is 9.52. The Morgan fingerprint density at radius 1 is 1.50 bits per heavy atom. The van der Waals surface area contributed by atoms with Crippen LogP contribution in [0, 0.1) is 5.92 Å². The first-order valence-corrected chi connectivity index (χ1v) is 4.54. The Morgan fingerprint density at radius 2 is 2.17 bits per heavy atom. The maximum absolute atomic E-state index is 8.71. The molecule has 1 saturated carbocycles. The van der Waals surface area contributed by atoms with E-state index < -0.39 is 0 Å². The Morgan fingerprint density at radius 3 is 2.67 bits per heavy atom. The molecule has 0 saturated heterocycles. The fourth-order valence-corrected chi connectivity index (χ4v) is 1.89. The molecule has 0 spiro atoms. The van der Waals surface area contributed by atoms with Gasteiger partial charge in [0.25, 0.3) is 0 Å². The third-order valence-electron chi connectivity index (χ3n) is 2.35. The van der Waals surface area contributed by atoms with Gasteiger partial charge in [0, 0.05) is 5.92 Å². The smallest absolute Gasteiger partial charge is 0.0863 e. The van der Waals surface area contributed by atoms with Gasteiger partial charge >= 0.3 is 0 Å². The lowest BCUT2D eigenvalue weighted by molar-refractivity contribution is -0.872. The summed E-state index contributed by atoms with van der Waals surface area (Å²) in [5.41, 5.74) is 1.00. The number of rotatable bonds is 2. The van der Waals surface area contributed by atoms with Crippen molar-refractivity contribution in [3.63, 3.8) is 0 Å². The molecule has 0 unspecified atom stereocenters. The minimum absolute atomic E-state index is 0.509. The molecule has 3 heteroatoms. The molecule has 0 bridgehead atoms. The lowest BCUT2D eigenvalue weighted by Crippen LogP contribution is -2.40. The minimum atomic E-state index is 0.509. The van der Waals surface area contributed by atoms with Crippen molar-refractivity contribution in [1.82, 2.24) is 0 Å². The molecule has 1 N–H and O–H groups in total. The molecule has 70 valence electrons. The van der Waals surface area contributed by atoms with Gasteiger partial charge in [0.2, 0.25) is 0 Å². The molecule has 0 aromatic carbocycles. The molecule has 1 aliphatic carbocycles. The fraction of sp³-hybridized carbons (Fsp3) is 0.889. The highest BCUT2D eigenvalue weighted by Crippen LogP contribution is 2.24. The summed E-state index contributed by atoms with van der Waals surface area (Å²) in [5.74, 6) is 0.509. The van der Waals surface area contributed by atoms with Gasteiger partial charge in [-0.2, -0.15) is 0 Å². The Hall–Kier alpha value is -0.570. The van der Waals surface area contributed by atoms with Crippen LogP contribution < -0.4 is 0 Å². The van der Waals surface area contributed by atoms with Gasteiger partial charge in [0.1, 0.15) is 0 Å². The van der Waals surface area contributed by atoms with Crippen molar-refractivity contribution < 1.29 is 9.69 Å². The van der Waals surface area contributed by atoms with Crippen molar-refractivity contribution in [2.45, 2.75) is 19.3 Å². The first-order valence-electron chi connectivity index (χ1n) is 4.54. The number of hydrogen-bond donors (Lipinski definition) is 1. The molecular formula is C9H19N2O+. The summed E-state index contributed by atoms with van der Waals surface area (Å²) < 4.78 is 0.948. The molecule has 1 atom stereocenters. The largest absolute Gasteiger partial charge is 0.411 e. The van der Waals surface area contributed by atoms with Gasteiger partial charge < -0.3 is 9.69 Å². The Labute approximate surface area is 74.3 Å². The topological polar surface area (TPSA) is 32.6 Å². The van der Waals surface area contributed by atoms with Crippen molar-refractivity contribution in [3.8, 4) is 0 Å². The molecule has 1 aliphatic rings. The van der Waals surface area contributed by atoms with Gasteiger partial charge in [-0.05, 0) is 19.3 Å². The van der Waals surface area contributed by atoms with Gasteiger partial charge in [0.15, 0.2) is 0 Å². The number of quaternary nitrogens is 1. The van der Waals surface area contributed by atoms with Crippen LogP contribution in [0.3, 0.4) is 0 Å². The van der Waals surface area contributed by atoms with E-state index in [1.54, 1.807) is 0 Å². The van der Waals surface area contributed by atoms with Crippen LogP contribution in [0.4, 0.5) is 0 Å². The predicted octanol–water partition coefficient (Wildman–Crippen LogP) is 1.32. The molecule has 0 aromatic heterocycles. The van der Waals surface area contributed by atoms with E-state index in [0.717, 1.165) is 23.2 Å². The van der Waals surface area contributed by atoms with E-state index in [0.29, 0.717) is 5.92 Å². The molecule has 0 amide bonds. The lowest BCUT2D eigenvalue weighted by Gasteiger charge is -2.27. The van der Waals surface area contributed by atoms with Crippen LogP contribution >= 0.6 is 0 Å². The van der Waals surface area contributed by atoms with Crippen molar-refractivity contribution in [2.75, 3.05) is 27.7 Å². The zero-order chi connectivity index (χ0) is 9.19. The van der Waals surface area contributed by atoms with Crippen molar-refractivity contribution in [2.24, 2.45) is 11.1 Å². The van der Waals surface area contributed by atoms with E-state index in [1.807, 2.05) is 0 Å². The van der Waals surface area contributed by atoms with Crippen LogP contribution in [0.15, 0.2) is 5.16 Å². The maximum Gasteiger partial charge on any atom is 0.0863 e. The summed E-state index contributed by atoms with van der Waals surface area (Å²) in [5, 5.41) is 12.1. The highest BCUT2D eigenvalue weighted by atomic mass is 16.4. The first-order chi connectivity index (χ1) is 5.53. The van der Waals surface area contributed by atoms with Crippen LogP contribution in [0.1, 0.15) is 19.3 Å². The predicted molar refractivity (Wildman–Crippen MR) is 49.5 cm³/mol. The highest BCUT2D eigenvalue weighted by Gasteiger charge is 2.28. The number of hydrogen-bond acceptors (Lipinski definition) is 2. The van der Waals surface area contributed by atoms with Gasteiger partial charge in [-0.25, -0.2) is 0 Å². The van der Waals surface area contributed by atoms with Crippen LogP contribution in [0.5, 0.6) is 0 Å². The summed E-state index contributed by atoms with van der Waals surface area (Å²) in [6.45, 7) is 1.08. The van der Waals surface area contributed by atoms with E-state index in [9.17, 15) is 0 Å². The average molecular weight is 171 g/mol. The minimum Gasteiger partial charge on any atom is -0.411 e. The second-order valence-corrected chi connectivity index (χ2v) is 4.65. The number of oxime groups is 1. The summed E-state index contributed by atoms with van der Waals surface area (Å²) in [6, 6.07) is 0. The van der Waals surface area contributed by atoms with Crippen LogP contribution in [-0.4, -0.2) is 43.1 Å². The molecule has 1 rings (SSSR count). The summed E-state index contributed by atoms with van der Waals surface area (Å²) in [6.07, 6.45) is 3.36. The molecule has 12 heavy (non-hydrogen) atoms. The second-order valence-electron chi connectivity index (χ2n) is 4.65. The van der Waals surface area contributed by atoms with Crippen molar-refractivity contribution in [3.05, 3.63) is 0 Å². The van der Waals surface area contributed by atoms with Crippen LogP contribution in [0.25, 0.3) is 0 Å². The molecule has 0 radical (unpaired) electrons. The molecule has 0 aromatic rings. The normalized spacial score (nSPS) is 28.2. The van der Waals surface area contributed by atoms with E-state index >= 15 is 0 Å². The van der Waals surface area contributed by atoms with Crippen LogP contribution in [-0.2, 0) is 0 Å². The van der Waals surface area contributed by atoms with Gasteiger partial charge in [0.05, 0.1) is 33.4 Å². The molecule has 3 nitrogen and oxygen atoms in total. The maximum atomic E-state index is 8.71. The lowest BCUT2D eigenvalue weighted by atomic mass is 10.1. The van der Waals surface area contributed by atoms with E-state index in [4.69, 9.17) is 5.21 Å². The average Bonchev–Trinajstić information content (AvgIpc) is 2.31. The van der Waals surface area contributed by atoms with E-state index in [1.165, 1.54) is 12.8 Å². The summed E-state index contributed by atoms with van der Waals surface area (Å²) in [4.78, 5) is 0. The molecule has 0 aliphatic heterocycles. The molecule has 0 heterocycles. The highest BCUT2D eigenvalue weighted by molar-refractivity contribution is 5.88. The van der Waals surface area contributed by atoms with Crippen molar-refractivity contribution in [1.29, 1.82) is 0 Å². The quantitative estimate of drug-likeness (QED) is 0.379. The SMILES string of the molecule is C[N+](C)(C)C[C@H]1CCC/C1=N/O. The third kappa shape index (κ3) is 2.48. The molecular weight excluding hydrogens is 152 g/mol. The Kier molecular flexibility index (Phi) is 2.73. The van der Waals surface area contributed by atoms with E-state index in [2.05, 4.69) is 26.3 Å². The van der Waals surface area contributed by atoms with Crippen LogP contribution in [0.2, 0.25) is 0 Å². The Bertz CT molecular complexity index is 181. The van der Waals surface area contributed by atoms with Gasteiger partial charge in [-0.15, -0.1) is 0 Å². The Balaban J connectivity index is 2.52. The monoisotopic (exact) mass is 171 g/mol. The van der Waals surface area contributed by atoms with Crippen molar-refractivity contribution >= 4 is 5.71 Å². The summed E-state index contributed by atoms with van der Waals surface area (Å²) >= 11 is 0. The van der Waals surface area contributed by atoms with Gasteiger partial charge in [-0.1, -0.05) is 5.16 Å². The zero-order valence-electron chi connectivity index (χ0n) is 8.25. The number of nitrogens with zero attached hydrogens (tertiary/aromatic N) is 2.